The average molecular weight is 379 g/mol. The number of hydrogen-bond acceptors (Lipinski definition) is 5. The van der Waals surface area contributed by atoms with Crippen molar-refractivity contribution in [1.82, 2.24) is 25.2 Å². The topological polar surface area (TPSA) is 93.3 Å². The summed E-state index contributed by atoms with van der Waals surface area (Å²) in [6.45, 7) is 1.61. The minimum absolute atomic E-state index is 0.000435. The van der Waals surface area contributed by atoms with Crippen LogP contribution in [-0.2, 0) is 13.1 Å². The summed E-state index contributed by atoms with van der Waals surface area (Å²) in [5.74, 6) is -0.0510. The Morgan fingerprint density at radius 3 is 2.82 bits per heavy atom. The SMILES string of the molecule is O=C(NCc1ccccc1)c1cn(CC2CCCN2C(=O)c2ccco2)nn1. The lowest BCUT2D eigenvalue weighted by molar-refractivity contribution is 0.0688. The predicted octanol–water partition coefficient (Wildman–Crippen LogP) is 2.11. The van der Waals surface area contributed by atoms with E-state index in [0.29, 0.717) is 25.4 Å². The first-order valence-corrected chi connectivity index (χ1v) is 9.27. The second-order valence-corrected chi connectivity index (χ2v) is 6.77. The third-order valence-electron chi connectivity index (χ3n) is 4.83. The lowest BCUT2D eigenvalue weighted by Gasteiger charge is -2.23. The fourth-order valence-electron chi connectivity index (χ4n) is 3.41. The molecule has 1 saturated heterocycles. The van der Waals surface area contributed by atoms with E-state index < -0.39 is 0 Å². The Balaban J connectivity index is 1.36. The highest BCUT2D eigenvalue weighted by atomic mass is 16.3. The predicted molar refractivity (Wildman–Crippen MR) is 100 cm³/mol. The van der Waals surface area contributed by atoms with Crippen LogP contribution in [0.1, 0.15) is 39.4 Å². The van der Waals surface area contributed by atoms with Crippen LogP contribution < -0.4 is 5.32 Å². The molecule has 1 aliphatic heterocycles. The summed E-state index contributed by atoms with van der Waals surface area (Å²) in [5, 5.41) is 10.9. The standard InChI is InChI=1S/C20H21N5O3/c26-19(21-12-15-6-2-1-3-7-15)17-14-24(23-22-17)13-16-8-4-10-25(16)20(27)18-9-5-11-28-18/h1-3,5-7,9,11,14,16H,4,8,10,12-13H2,(H,21,26). The monoisotopic (exact) mass is 379 g/mol. The van der Waals surface area contributed by atoms with Gasteiger partial charge in [-0.1, -0.05) is 35.5 Å². The van der Waals surface area contributed by atoms with Gasteiger partial charge in [0, 0.05) is 13.1 Å². The van der Waals surface area contributed by atoms with Gasteiger partial charge < -0.3 is 14.6 Å². The normalized spacial score (nSPS) is 16.3. The third-order valence-corrected chi connectivity index (χ3v) is 4.83. The van der Waals surface area contributed by atoms with Crippen molar-refractivity contribution < 1.29 is 14.0 Å². The van der Waals surface area contributed by atoms with Gasteiger partial charge in [0.25, 0.3) is 11.8 Å². The van der Waals surface area contributed by atoms with E-state index in [1.165, 1.54) is 6.26 Å². The zero-order chi connectivity index (χ0) is 19.3. The minimum Gasteiger partial charge on any atom is -0.459 e. The molecule has 1 unspecified atom stereocenters. The molecule has 3 heterocycles. The molecular formula is C20H21N5O3. The number of amides is 2. The summed E-state index contributed by atoms with van der Waals surface area (Å²) in [5.41, 5.74) is 1.28. The van der Waals surface area contributed by atoms with Gasteiger partial charge in [-0.25, -0.2) is 4.68 Å². The van der Waals surface area contributed by atoms with Gasteiger partial charge in [-0.2, -0.15) is 0 Å². The van der Waals surface area contributed by atoms with Gasteiger partial charge in [-0.15, -0.1) is 5.10 Å². The van der Waals surface area contributed by atoms with Crippen LogP contribution in [0.2, 0.25) is 0 Å². The van der Waals surface area contributed by atoms with Gasteiger partial charge in [0.2, 0.25) is 0 Å². The lowest BCUT2D eigenvalue weighted by atomic mass is 10.2. The highest BCUT2D eigenvalue weighted by Gasteiger charge is 2.31. The molecule has 0 radical (unpaired) electrons. The number of nitrogens with one attached hydrogen (secondary N) is 1. The van der Waals surface area contributed by atoms with Crippen molar-refractivity contribution in [3.63, 3.8) is 0 Å². The Kier molecular flexibility index (Phi) is 5.18. The van der Waals surface area contributed by atoms with E-state index in [1.54, 1.807) is 27.9 Å². The van der Waals surface area contributed by atoms with Gasteiger partial charge in [0.1, 0.15) is 0 Å². The molecule has 0 spiro atoms. The van der Waals surface area contributed by atoms with Gasteiger partial charge in [-0.05, 0) is 30.5 Å². The van der Waals surface area contributed by atoms with Crippen LogP contribution in [0, 0.1) is 0 Å². The van der Waals surface area contributed by atoms with Crippen molar-refractivity contribution in [2.45, 2.75) is 32.0 Å². The number of furan rings is 1. The van der Waals surface area contributed by atoms with Crippen LogP contribution in [0.4, 0.5) is 0 Å². The summed E-state index contributed by atoms with van der Waals surface area (Å²) in [4.78, 5) is 26.7. The zero-order valence-electron chi connectivity index (χ0n) is 15.3. The van der Waals surface area contributed by atoms with Crippen molar-refractivity contribution in [3.05, 3.63) is 71.9 Å². The van der Waals surface area contributed by atoms with E-state index in [2.05, 4.69) is 15.6 Å². The molecule has 144 valence electrons. The van der Waals surface area contributed by atoms with Crippen molar-refractivity contribution in [2.75, 3.05) is 6.54 Å². The van der Waals surface area contributed by atoms with Gasteiger partial charge in [0.15, 0.2) is 11.5 Å². The summed E-state index contributed by atoms with van der Waals surface area (Å²) in [7, 11) is 0. The van der Waals surface area contributed by atoms with E-state index in [4.69, 9.17) is 4.42 Å². The number of hydrogen-bond donors (Lipinski definition) is 1. The fraction of sp³-hybridized carbons (Fsp3) is 0.300. The number of nitrogens with zero attached hydrogens (tertiary/aromatic N) is 4. The molecule has 0 saturated carbocycles. The maximum absolute atomic E-state index is 12.6. The zero-order valence-corrected chi connectivity index (χ0v) is 15.3. The van der Waals surface area contributed by atoms with E-state index in [9.17, 15) is 9.59 Å². The second-order valence-electron chi connectivity index (χ2n) is 6.77. The first-order valence-electron chi connectivity index (χ1n) is 9.27. The molecule has 1 aromatic carbocycles. The maximum atomic E-state index is 12.6. The molecular weight excluding hydrogens is 358 g/mol. The molecule has 2 aromatic heterocycles. The summed E-state index contributed by atoms with van der Waals surface area (Å²) in [6, 6.07) is 13.0. The number of carbonyl (C=O) groups is 2. The molecule has 28 heavy (non-hydrogen) atoms. The molecule has 0 aliphatic carbocycles. The van der Waals surface area contributed by atoms with Crippen molar-refractivity contribution >= 4 is 11.8 Å². The summed E-state index contributed by atoms with van der Waals surface area (Å²) in [6.07, 6.45) is 4.92. The van der Waals surface area contributed by atoms with Gasteiger partial charge >= 0.3 is 0 Å². The van der Waals surface area contributed by atoms with E-state index in [0.717, 1.165) is 18.4 Å². The van der Waals surface area contributed by atoms with E-state index in [1.807, 2.05) is 30.3 Å². The smallest absolute Gasteiger partial charge is 0.289 e. The lowest BCUT2D eigenvalue weighted by Crippen LogP contribution is -2.38. The first-order chi connectivity index (χ1) is 13.7. The quantitative estimate of drug-likeness (QED) is 0.708. The van der Waals surface area contributed by atoms with Crippen LogP contribution >= 0.6 is 0 Å². The van der Waals surface area contributed by atoms with Crippen LogP contribution in [-0.4, -0.2) is 44.3 Å². The molecule has 0 bridgehead atoms. The second kappa shape index (κ2) is 8.08. The minimum atomic E-state index is -0.273. The van der Waals surface area contributed by atoms with Crippen molar-refractivity contribution in [2.24, 2.45) is 0 Å². The highest BCUT2D eigenvalue weighted by Crippen LogP contribution is 2.21. The summed E-state index contributed by atoms with van der Waals surface area (Å²) >= 11 is 0. The molecule has 1 atom stereocenters. The Hall–Kier alpha value is -3.42. The Morgan fingerprint density at radius 1 is 1.18 bits per heavy atom. The number of carbonyl (C=O) groups excluding carboxylic acids is 2. The number of aromatic nitrogens is 3. The molecule has 1 aliphatic rings. The van der Waals surface area contributed by atoms with E-state index >= 15 is 0 Å². The molecule has 3 aromatic rings. The van der Waals surface area contributed by atoms with Gasteiger partial charge in [-0.3, -0.25) is 9.59 Å². The molecule has 1 N–H and O–H groups in total. The highest BCUT2D eigenvalue weighted by molar-refractivity contribution is 5.92. The molecule has 4 rings (SSSR count). The number of likely N-dealkylation sites (tertiary alicyclic amines) is 1. The van der Waals surface area contributed by atoms with Crippen LogP contribution in [0.15, 0.2) is 59.3 Å². The first kappa shape index (κ1) is 18.0. The van der Waals surface area contributed by atoms with Gasteiger partial charge in [0.05, 0.1) is 25.0 Å². The van der Waals surface area contributed by atoms with Crippen molar-refractivity contribution in [3.8, 4) is 0 Å². The molecule has 8 nitrogen and oxygen atoms in total. The Labute approximate surface area is 162 Å². The molecule has 1 fully saturated rings. The Morgan fingerprint density at radius 2 is 2.04 bits per heavy atom. The third kappa shape index (κ3) is 3.95. The van der Waals surface area contributed by atoms with Crippen LogP contribution in [0.25, 0.3) is 0 Å². The fourth-order valence-corrected chi connectivity index (χ4v) is 3.41. The average Bonchev–Trinajstić information content (AvgIpc) is 3.48. The maximum Gasteiger partial charge on any atom is 0.289 e. The number of rotatable bonds is 6. The molecule has 2 amide bonds. The Bertz CT molecular complexity index is 936. The molecule has 8 heteroatoms. The van der Waals surface area contributed by atoms with Crippen LogP contribution in [0.5, 0.6) is 0 Å². The summed E-state index contributed by atoms with van der Waals surface area (Å²) < 4.78 is 6.85. The van der Waals surface area contributed by atoms with E-state index in [-0.39, 0.29) is 23.6 Å². The largest absolute Gasteiger partial charge is 0.459 e. The number of benzene rings is 1. The van der Waals surface area contributed by atoms with Crippen molar-refractivity contribution in [1.29, 1.82) is 0 Å². The van der Waals surface area contributed by atoms with Crippen LogP contribution in [0.3, 0.4) is 0 Å².